The molecule has 3 heterocycles. The highest BCUT2D eigenvalue weighted by Crippen LogP contribution is 2.23. The normalized spacial score (nSPS) is 18.4. The summed E-state index contributed by atoms with van der Waals surface area (Å²) in [6.07, 6.45) is 12.6. The molecular formula is C26H39N3O2. The number of aromatic nitrogens is 1. The molecule has 31 heavy (non-hydrogen) atoms. The quantitative estimate of drug-likeness (QED) is 0.559. The summed E-state index contributed by atoms with van der Waals surface area (Å²) in [5, 5.41) is 3.45. The van der Waals surface area contributed by atoms with Gasteiger partial charge in [0.25, 0.3) is 0 Å². The molecule has 4 rings (SSSR count). The summed E-state index contributed by atoms with van der Waals surface area (Å²) < 4.78 is 11.3. The number of unbranched alkanes of at least 4 members (excludes halogenated alkanes) is 1. The van der Waals surface area contributed by atoms with Gasteiger partial charge in [-0.2, -0.15) is 0 Å². The SMILES string of the molecule is CCCCOCc1ccccc1.c1ncc(N2CCCCC2)cc1OCC1CCCN1. The van der Waals surface area contributed by atoms with E-state index in [4.69, 9.17) is 9.47 Å². The minimum atomic E-state index is 0.513. The maximum absolute atomic E-state index is 5.87. The predicted molar refractivity (Wildman–Crippen MR) is 128 cm³/mol. The second-order valence-electron chi connectivity index (χ2n) is 8.42. The molecule has 1 N–H and O–H groups in total. The Kier molecular flexibility index (Phi) is 10.7. The van der Waals surface area contributed by atoms with Crippen molar-refractivity contribution < 1.29 is 9.47 Å². The number of hydrogen-bond acceptors (Lipinski definition) is 5. The fourth-order valence-corrected chi connectivity index (χ4v) is 3.92. The van der Waals surface area contributed by atoms with Crippen LogP contribution in [0.4, 0.5) is 5.69 Å². The maximum atomic E-state index is 5.87. The molecule has 2 fully saturated rings. The topological polar surface area (TPSA) is 46.6 Å². The molecule has 0 saturated carbocycles. The van der Waals surface area contributed by atoms with Gasteiger partial charge in [-0.1, -0.05) is 43.7 Å². The van der Waals surface area contributed by atoms with E-state index < -0.39 is 0 Å². The number of rotatable bonds is 9. The van der Waals surface area contributed by atoms with Crippen LogP contribution in [0.25, 0.3) is 0 Å². The number of piperidine rings is 1. The summed E-state index contributed by atoms with van der Waals surface area (Å²) in [4.78, 5) is 6.73. The van der Waals surface area contributed by atoms with Crippen LogP contribution in [0.1, 0.15) is 57.4 Å². The van der Waals surface area contributed by atoms with Crippen molar-refractivity contribution in [1.29, 1.82) is 0 Å². The standard InChI is InChI=1S/C15H23N3O.C11H16O/c1-2-7-18(8-3-1)14-9-15(11-16-10-14)19-12-13-5-4-6-17-13;1-2-3-9-12-10-11-7-5-4-6-8-11/h9-11,13,17H,1-8,12H2;4-8H,2-3,9-10H2,1H3. The molecule has 0 bridgehead atoms. The molecule has 2 aliphatic rings. The molecule has 5 heteroatoms. The van der Waals surface area contributed by atoms with Crippen LogP contribution in [0.3, 0.4) is 0 Å². The highest BCUT2D eigenvalue weighted by atomic mass is 16.5. The number of hydrogen-bond donors (Lipinski definition) is 1. The largest absolute Gasteiger partial charge is 0.490 e. The summed E-state index contributed by atoms with van der Waals surface area (Å²) in [5.74, 6) is 0.900. The first-order valence-corrected chi connectivity index (χ1v) is 12.0. The van der Waals surface area contributed by atoms with Crippen molar-refractivity contribution in [2.45, 2.75) is 64.5 Å². The zero-order valence-electron chi connectivity index (χ0n) is 19.1. The van der Waals surface area contributed by atoms with Gasteiger partial charge in [-0.05, 0) is 50.6 Å². The van der Waals surface area contributed by atoms with Crippen LogP contribution in [-0.2, 0) is 11.3 Å². The van der Waals surface area contributed by atoms with Gasteiger partial charge in [0.05, 0.1) is 24.7 Å². The Morgan fingerprint density at radius 2 is 1.90 bits per heavy atom. The van der Waals surface area contributed by atoms with Crippen molar-refractivity contribution in [2.24, 2.45) is 0 Å². The summed E-state index contributed by atoms with van der Waals surface area (Å²) >= 11 is 0. The van der Waals surface area contributed by atoms with Crippen molar-refractivity contribution >= 4 is 5.69 Å². The zero-order chi connectivity index (χ0) is 21.6. The lowest BCUT2D eigenvalue weighted by Crippen LogP contribution is -2.30. The molecule has 0 amide bonds. The predicted octanol–water partition coefficient (Wildman–Crippen LogP) is 5.21. The third-order valence-electron chi connectivity index (χ3n) is 5.79. The van der Waals surface area contributed by atoms with E-state index >= 15 is 0 Å². The number of pyridine rings is 1. The molecule has 1 atom stereocenters. The van der Waals surface area contributed by atoms with E-state index in [0.717, 1.165) is 51.6 Å². The Morgan fingerprint density at radius 3 is 2.65 bits per heavy atom. The molecule has 2 aromatic rings. The van der Waals surface area contributed by atoms with Crippen LogP contribution in [0.5, 0.6) is 5.75 Å². The molecule has 0 aliphatic carbocycles. The van der Waals surface area contributed by atoms with Gasteiger partial charge in [-0.25, -0.2) is 0 Å². The number of ether oxygens (including phenoxy) is 2. The van der Waals surface area contributed by atoms with Gasteiger partial charge in [-0.3, -0.25) is 4.98 Å². The molecule has 0 radical (unpaired) electrons. The van der Waals surface area contributed by atoms with Crippen LogP contribution >= 0.6 is 0 Å². The van der Waals surface area contributed by atoms with E-state index in [-0.39, 0.29) is 0 Å². The fraction of sp³-hybridized carbons (Fsp3) is 0.577. The zero-order valence-corrected chi connectivity index (χ0v) is 19.1. The van der Waals surface area contributed by atoms with E-state index in [1.807, 2.05) is 30.6 Å². The molecule has 1 aromatic carbocycles. The van der Waals surface area contributed by atoms with Crippen molar-refractivity contribution in [3.8, 4) is 5.75 Å². The van der Waals surface area contributed by atoms with Crippen LogP contribution in [0.15, 0.2) is 48.8 Å². The lowest BCUT2D eigenvalue weighted by Gasteiger charge is -2.28. The van der Waals surface area contributed by atoms with Gasteiger partial charge in [0.15, 0.2) is 0 Å². The molecule has 2 aliphatic heterocycles. The first-order chi connectivity index (χ1) is 15.3. The van der Waals surface area contributed by atoms with Gasteiger partial charge in [0.1, 0.15) is 12.4 Å². The van der Waals surface area contributed by atoms with Crippen LogP contribution in [0, 0.1) is 0 Å². The Bertz CT molecular complexity index is 714. The molecule has 5 nitrogen and oxygen atoms in total. The lowest BCUT2D eigenvalue weighted by molar-refractivity contribution is 0.118. The highest BCUT2D eigenvalue weighted by Gasteiger charge is 2.15. The van der Waals surface area contributed by atoms with Gasteiger partial charge in [0.2, 0.25) is 0 Å². The van der Waals surface area contributed by atoms with E-state index in [1.54, 1.807) is 0 Å². The van der Waals surface area contributed by atoms with Crippen LogP contribution in [0.2, 0.25) is 0 Å². The average molecular weight is 426 g/mol. The first-order valence-electron chi connectivity index (χ1n) is 12.0. The molecule has 2 saturated heterocycles. The van der Waals surface area contributed by atoms with Gasteiger partial charge in [-0.15, -0.1) is 0 Å². The van der Waals surface area contributed by atoms with E-state index in [9.17, 15) is 0 Å². The Balaban J connectivity index is 0.000000196. The minimum Gasteiger partial charge on any atom is -0.490 e. The Labute approximate surface area is 188 Å². The second kappa shape index (κ2) is 14.0. The summed E-state index contributed by atoms with van der Waals surface area (Å²) in [6, 6.07) is 12.9. The number of benzene rings is 1. The van der Waals surface area contributed by atoms with Gasteiger partial charge < -0.3 is 19.7 Å². The third-order valence-corrected chi connectivity index (χ3v) is 5.79. The van der Waals surface area contributed by atoms with E-state index in [2.05, 4.69) is 40.3 Å². The minimum absolute atomic E-state index is 0.513. The van der Waals surface area contributed by atoms with Crippen molar-refractivity contribution in [1.82, 2.24) is 10.3 Å². The van der Waals surface area contributed by atoms with Gasteiger partial charge in [0, 0.05) is 31.8 Å². The third kappa shape index (κ3) is 8.88. The van der Waals surface area contributed by atoms with Crippen molar-refractivity contribution in [3.63, 3.8) is 0 Å². The Morgan fingerprint density at radius 1 is 1.06 bits per heavy atom. The molecule has 170 valence electrons. The monoisotopic (exact) mass is 425 g/mol. The van der Waals surface area contributed by atoms with Crippen LogP contribution in [-0.4, -0.2) is 43.9 Å². The summed E-state index contributed by atoms with van der Waals surface area (Å²) in [5.41, 5.74) is 2.46. The van der Waals surface area contributed by atoms with Crippen molar-refractivity contribution in [2.75, 3.05) is 37.7 Å². The number of anilines is 1. The van der Waals surface area contributed by atoms with Gasteiger partial charge >= 0.3 is 0 Å². The Hall–Kier alpha value is -2.11. The molecular weight excluding hydrogens is 386 g/mol. The van der Waals surface area contributed by atoms with E-state index in [1.165, 1.54) is 49.8 Å². The number of nitrogens with one attached hydrogen (secondary N) is 1. The number of nitrogens with zero attached hydrogens (tertiary/aromatic N) is 2. The lowest BCUT2D eigenvalue weighted by atomic mass is 10.1. The van der Waals surface area contributed by atoms with E-state index in [0.29, 0.717) is 6.04 Å². The highest BCUT2D eigenvalue weighted by molar-refractivity contribution is 5.48. The second-order valence-corrected chi connectivity index (χ2v) is 8.42. The molecule has 1 unspecified atom stereocenters. The van der Waals surface area contributed by atoms with Crippen LogP contribution < -0.4 is 15.0 Å². The summed E-state index contributed by atoms with van der Waals surface area (Å²) in [7, 11) is 0. The summed E-state index contributed by atoms with van der Waals surface area (Å²) in [6.45, 7) is 7.98. The average Bonchev–Trinajstić information content (AvgIpc) is 3.36. The molecule has 0 spiro atoms. The maximum Gasteiger partial charge on any atom is 0.139 e. The first kappa shape index (κ1) is 23.6. The molecule has 1 aromatic heterocycles. The smallest absolute Gasteiger partial charge is 0.139 e. The fourth-order valence-electron chi connectivity index (χ4n) is 3.92. The van der Waals surface area contributed by atoms with Crippen molar-refractivity contribution in [3.05, 3.63) is 54.4 Å².